The Hall–Kier alpha value is -0.820. The number of rotatable bonds is 7. The van der Waals surface area contributed by atoms with Gasteiger partial charge in [-0.15, -0.1) is 0 Å². The summed E-state index contributed by atoms with van der Waals surface area (Å²) in [5.41, 5.74) is 0. The highest BCUT2D eigenvalue weighted by Crippen LogP contribution is 1.92. The molecule has 1 nitrogen and oxygen atoms in total. The normalized spacial score (nSPS) is 12.5. The molecule has 0 radical (unpaired) electrons. The zero-order chi connectivity index (χ0) is 9.78. The summed E-state index contributed by atoms with van der Waals surface area (Å²) in [5, 5.41) is 8.49. The second kappa shape index (κ2) is 11.2. The van der Waals surface area contributed by atoms with Crippen LogP contribution in [0.4, 0.5) is 0 Å². The number of hydrogen-bond donors (Lipinski definition) is 1. The predicted molar refractivity (Wildman–Crippen MR) is 58.6 cm³/mol. The highest BCUT2D eigenvalue weighted by molar-refractivity contribution is 4.96. The average molecular weight is 180 g/mol. The Morgan fingerprint density at radius 1 is 0.846 bits per heavy atom. The topological polar surface area (TPSA) is 20.2 Å². The fourth-order valence-corrected chi connectivity index (χ4v) is 0.901. The van der Waals surface area contributed by atoms with Crippen LogP contribution < -0.4 is 0 Å². The summed E-state index contributed by atoms with van der Waals surface area (Å²) in [7, 11) is 0. The van der Waals surface area contributed by atoms with E-state index in [1.807, 2.05) is 6.08 Å². The highest BCUT2D eigenvalue weighted by atomic mass is 16.2. The van der Waals surface area contributed by atoms with E-state index in [0.29, 0.717) is 0 Å². The summed E-state index contributed by atoms with van der Waals surface area (Å²) in [6.45, 7) is 2.39. The molecule has 0 aromatic carbocycles. The van der Waals surface area contributed by atoms with Crippen molar-refractivity contribution in [3.63, 3.8) is 0 Å². The quantitative estimate of drug-likeness (QED) is 0.596. The van der Waals surface area contributed by atoms with Crippen LogP contribution in [0.3, 0.4) is 0 Å². The SMILES string of the molecule is CCC=CCC=CCC=CCCO. The molecular formula is C12H20O. The van der Waals surface area contributed by atoms with E-state index in [4.69, 9.17) is 5.11 Å². The van der Waals surface area contributed by atoms with Crippen molar-refractivity contribution in [2.45, 2.75) is 32.6 Å². The van der Waals surface area contributed by atoms with Gasteiger partial charge in [-0.25, -0.2) is 0 Å². The van der Waals surface area contributed by atoms with Gasteiger partial charge in [0.15, 0.2) is 0 Å². The van der Waals surface area contributed by atoms with Gasteiger partial charge >= 0.3 is 0 Å². The van der Waals surface area contributed by atoms with Crippen molar-refractivity contribution >= 4 is 0 Å². The van der Waals surface area contributed by atoms with Crippen LogP contribution in [0, 0.1) is 0 Å². The van der Waals surface area contributed by atoms with Crippen molar-refractivity contribution in [2.75, 3.05) is 6.61 Å². The van der Waals surface area contributed by atoms with Crippen molar-refractivity contribution < 1.29 is 5.11 Å². The van der Waals surface area contributed by atoms with Gasteiger partial charge in [0, 0.05) is 6.61 Å². The second-order valence-corrected chi connectivity index (χ2v) is 2.81. The van der Waals surface area contributed by atoms with Gasteiger partial charge in [-0.3, -0.25) is 0 Å². The minimum Gasteiger partial charge on any atom is -0.396 e. The van der Waals surface area contributed by atoms with E-state index in [-0.39, 0.29) is 6.61 Å². The van der Waals surface area contributed by atoms with Crippen LogP contribution in [0.15, 0.2) is 36.5 Å². The molecule has 0 spiro atoms. The number of aliphatic hydroxyl groups excluding tert-OH is 1. The monoisotopic (exact) mass is 180 g/mol. The van der Waals surface area contributed by atoms with Crippen molar-refractivity contribution in [1.82, 2.24) is 0 Å². The van der Waals surface area contributed by atoms with Gasteiger partial charge in [0.1, 0.15) is 0 Å². The predicted octanol–water partition coefficient (Wildman–Crippen LogP) is 3.23. The molecule has 0 rings (SSSR count). The lowest BCUT2D eigenvalue weighted by molar-refractivity contribution is 0.302. The first-order valence-electron chi connectivity index (χ1n) is 4.97. The standard InChI is InChI=1S/C12H20O/c1-2-3-4-5-6-7-8-9-10-11-12-13/h3-4,6-7,9-10,13H,2,5,8,11-12H2,1H3. The lowest BCUT2D eigenvalue weighted by atomic mass is 10.2. The van der Waals surface area contributed by atoms with E-state index >= 15 is 0 Å². The Kier molecular flexibility index (Phi) is 10.5. The van der Waals surface area contributed by atoms with Gasteiger partial charge in [-0.2, -0.15) is 0 Å². The first kappa shape index (κ1) is 12.2. The van der Waals surface area contributed by atoms with Gasteiger partial charge in [0.2, 0.25) is 0 Å². The second-order valence-electron chi connectivity index (χ2n) is 2.81. The molecule has 0 aromatic heterocycles. The molecule has 1 heteroatoms. The van der Waals surface area contributed by atoms with E-state index in [0.717, 1.165) is 25.7 Å². The van der Waals surface area contributed by atoms with Gasteiger partial charge in [-0.1, -0.05) is 43.4 Å². The fourth-order valence-electron chi connectivity index (χ4n) is 0.901. The van der Waals surface area contributed by atoms with Crippen molar-refractivity contribution in [2.24, 2.45) is 0 Å². The third-order valence-corrected chi connectivity index (χ3v) is 1.58. The number of aliphatic hydroxyl groups is 1. The Bertz CT molecular complexity index is 166. The van der Waals surface area contributed by atoms with E-state index in [1.54, 1.807) is 0 Å². The maximum atomic E-state index is 8.49. The average Bonchev–Trinajstić information content (AvgIpc) is 2.16. The summed E-state index contributed by atoms with van der Waals surface area (Å²) in [6, 6.07) is 0. The highest BCUT2D eigenvalue weighted by Gasteiger charge is 1.74. The number of hydrogen-bond acceptors (Lipinski definition) is 1. The molecule has 13 heavy (non-hydrogen) atoms. The molecule has 0 heterocycles. The molecule has 0 amide bonds. The Morgan fingerprint density at radius 3 is 1.92 bits per heavy atom. The van der Waals surface area contributed by atoms with E-state index in [1.165, 1.54) is 0 Å². The lowest BCUT2D eigenvalue weighted by Gasteiger charge is -1.84. The minimum absolute atomic E-state index is 0.249. The van der Waals surface area contributed by atoms with Crippen LogP contribution >= 0.6 is 0 Å². The molecule has 0 aliphatic heterocycles. The lowest BCUT2D eigenvalue weighted by Crippen LogP contribution is -1.74. The van der Waals surface area contributed by atoms with Crippen LogP contribution in [0.1, 0.15) is 32.6 Å². The summed E-state index contributed by atoms with van der Waals surface area (Å²) in [4.78, 5) is 0. The maximum absolute atomic E-state index is 8.49. The molecule has 0 bridgehead atoms. The molecule has 0 aromatic rings. The van der Waals surface area contributed by atoms with Crippen LogP contribution in [0.5, 0.6) is 0 Å². The van der Waals surface area contributed by atoms with Crippen molar-refractivity contribution in [3.05, 3.63) is 36.5 Å². The molecule has 74 valence electrons. The Balaban J connectivity index is 3.26. The van der Waals surface area contributed by atoms with E-state index < -0.39 is 0 Å². The molecule has 0 aliphatic carbocycles. The van der Waals surface area contributed by atoms with Crippen LogP contribution in [0.2, 0.25) is 0 Å². The maximum Gasteiger partial charge on any atom is 0.0465 e. The molecule has 0 aliphatic rings. The van der Waals surface area contributed by atoms with Crippen molar-refractivity contribution in [3.8, 4) is 0 Å². The largest absolute Gasteiger partial charge is 0.396 e. The fraction of sp³-hybridized carbons (Fsp3) is 0.500. The molecule has 0 saturated carbocycles. The zero-order valence-electron chi connectivity index (χ0n) is 8.45. The zero-order valence-corrected chi connectivity index (χ0v) is 8.45. The summed E-state index contributed by atoms with van der Waals surface area (Å²) in [6.07, 6.45) is 16.6. The molecule has 0 fully saturated rings. The summed E-state index contributed by atoms with van der Waals surface area (Å²) < 4.78 is 0. The first-order valence-corrected chi connectivity index (χ1v) is 4.97. The molecule has 0 atom stereocenters. The molecule has 1 N–H and O–H groups in total. The minimum atomic E-state index is 0.249. The first-order chi connectivity index (χ1) is 6.41. The van der Waals surface area contributed by atoms with E-state index in [2.05, 4.69) is 37.3 Å². The van der Waals surface area contributed by atoms with Crippen LogP contribution in [-0.4, -0.2) is 11.7 Å². The smallest absolute Gasteiger partial charge is 0.0465 e. The third kappa shape index (κ3) is 11.2. The molecular weight excluding hydrogens is 160 g/mol. The molecule has 0 saturated heterocycles. The van der Waals surface area contributed by atoms with E-state index in [9.17, 15) is 0 Å². The van der Waals surface area contributed by atoms with Gasteiger partial charge in [0.05, 0.1) is 0 Å². The third-order valence-electron chi connectivity index (χ3n) is 1.58. The summed E-state index contributed by atoms with van der Waals surface area (Å²) in [5.74, 6) is 0. The Morgan fingerprint density at radius 2 is 1.38 bits per heavy atom. The van der Waals surface area contributed by atoms with Gasteiger partial charge < -0.3 is 5.11 Å². The summed E-state index contributed by atoms with van der Waals surface area (Å²) >= 11 is 0. The van der Waals surface area contributed by atoms with Gasteiger partial charge in [-0.05, 0) is 25.7 Å². The van der Waals surface area contributed by atoms with Crippen LogP contribution in [0.25, 0.3) is 0 Å². The van der Waals surface area contributed by atoms with Crippen LogP contribution in [-0.2, 0) is 0 Å². The Labute approximate surface area is 81.5 Å². The van der Waals surface area contributed by atoms with Crippen molar-refractivity contribution in [1.29, 1.82) is 0 Å². The van der Waals surface area contributed by atoms with Gasteiger partial charge in [0.25, 0.3) is 0 Å². The molecule has 0 unspecified atom stereocenters. The number of allylic oxidation sites excluding steroid dienone is 5.